The molecule has 5 rings (SSSR count). The Morgan fingerprint density at radius 3 is 2.08 bits per heavy atom. The van der Waals surface area contributed by atoms with Crippen molar-refractivity contribution in [1.82, 2.24) is 26.2 Å². The van der Waals surface area contributed by atoms with E-state index in [1.54, 1.807) is 48.5 Å². The summed E-state index contributed by atoms with van der Waals surface area (Å²) in [6, 6.07) is 22.3. The molecule has 0 radical (unpaired) electrons. The zero-order chi connectivity index (χ0) is 45.5. The van der Waals surface area contributed by atoms with E-state index < -0.39 is 53.7 Å². The number of amides is 5. The van der Waals surface area contributed by atoms with Gasteiger partial charge in [0.1, 0.15) is 55.4 Å². The Labute approximate surface area is 367 Å². The Morgan fingerprint density at radius 2 is 1.48 bits per heavy atom. The Bertz CT molecular complexity index is 2280. The van der Waals surface area contributed by atoms with Gasteiger partial charge in [0.25, 0.3) is 5.91 Å². The molecule has 16 nitrogen and oxygen atoms in total. The average molecular weight is 860 g/mol. The number of carbonyl (C=O) groups is 5. The van der Waals surface area contributed by atoms with Crippen LogP contribution in [-0.4, -0.2) is 99.0 Å². The largest absolute Gasteiger partial charge is 0.492 e. The lowest BCUT2D eigenvalue weighted by atomic mass is 9.93. The molecule has 0 spiro atoms. The van der Waals surface area contributed by atoms with Crippen LogP contribution in [0.4, 0.5) is 0 Å². The number of nitriles is 1. The highest BCUT2D eigenvalue weighted by molar-refractivity contribution is 6.00. The van der Waals surface area contributed by atoms with E-state index in [0.29, 0.717) is 39.3 Å². The summed E-state index contributed by atoms with van der Waals surface area (Å²) in [7, 11) is 1.40. The number of aryl methyl sites for hydroxylation is 1. The van der Waals surface area contributed by atoms with Crippen LogP contribution in [0.1, 0.15) is 59.8 Å². The maximum atomic E-state index is 14.5. The number of benzene rings is 4. The van der Waals surface area contributed by atoms with E-state index in [0.717, 1.165) is 35.3 Å². The lowest BCUT2D eigenvalue weighted by Gasteiger charge is -2.32. The lowest BCUT2D eigenvalue weighted by Crippen LogP contribution is -2.56. The van der Waals surface area contributed by atoms with E-state index >= 15 is 0 Å². The molecule has 4 aromatic rings. The minimum Gasteiger partial charge on any atom is -0.492 e. The van der Waals surface area contributed by atoms with Gasteiger partial charge in [-0.3, -0.25) is 24.0 Å². The van der Waals surface area contributed by atoms with Crippen LogP contribution < -0.4 is 47.9 Å². The highest BCUT2D eigenvalue weighted by atomic mass is 16.5. The standard InChI is InChI=1S/C47H57N9O7/c1-4-5-6-30-7-10-32(11-8-30)33-12-14-34(15-13-33)44(58)55-39(28-51)47(61)56(3)42-35-16-18-41(63-24-21-50)37(27-35)36-25-31(9-17-40(36)62-23-20-49)26-38(45(59)52-22-19-48)54-43(57)29(2)53-46(42)60/h7-18,25,27,29,38-39,42H,4-6,20-24,26,28,49-51H2,1-3H3,(H,52,59)(H,53,60)(H,54,57)(H,55,58)/t29-,38-,39-,42-/m0/s1. The summed E-state index contributed by atoms with van der Waals surface area (Å²) >= 11 is 0. The minimum atomic E-state index is -1.39. The van der Waals surface area contributed by atoms with Crippen molar-refractivity contribution in [1.29, 1.82) is 5.26 Å². The summed E-state index contributed by atoms with van der Waals surface area (Å²) in [6.07, 6.45) is 3.26. The van der Waals surface area contributed by atoms with Crippen molar-refractivity contribution in [3.05, 3.63) is 107 Å². The third-order valence-corrected chi connectivity index (χ3v) is 10.6. The zero-order valence-corrected chi connectivity index (χ0v) is 35.9. The third kappa shape index (κ3) is 12.2. The Balaban J connectivity index is 1.51. The Hall–Kier alpha value is -6.80. The second-order valence-electron chi connectivity index (χ2n) is 15.2. The van der Waals surface area contributed by atoms with Crippen LogP contribution in [0.5, 0.6) is 11.5 Å². The van der Waals surface area contributed by atoms with Gasteiger partial charge in [-0.25, -0.2) is 0 Å². The topological polar surface area (TPSA) is 257 Å². The summed E-state index contributed by atoms with van der Waals surface area (Å²) in [6.45, 7) is 3.70. The lowest BCUT2D eigenvalue weighted by molar-refractivity contribution is -0.141. The van der Waals surface area contributed by atoms with Gasteiger partial charge in [-0.1, -0.05) is 61.9 Å². The van der Waals surface area contributed by atoms with E-state index in [2.05, 4.69) is 52.5 Å². The number of nitrogens with two attached hydrogens (primary N) is 3. The molecule has 0 unspecified atom stereocenters. The van der Waals surface area contributed by atoms with E-state index in [9.17, 15) is 24.0 Å². The molecule has 1 aliphatic rings. The van der Waals surface area contributed by atoms with Crippen LogP contribution in [0.15, 0.2) is 84.9 Å². The quantitative estimate of drug-likeness (QED) is 0.0760. The van der Waals surface area contributed by atoms with Crippen molar-refractivity contribution in [2.45, 2.75) is 63.7 Å². The van der Waals surface area contributed by atoms with Crippen molar-refractivity contribution in [3.63, 3.8) is 0 Å². The first-order chi connectivity index (χ1) is 30.4. The van der Waals surface area contributed by atoms with Crippen molar-refractivity contribution < 1.29 is 33.4 Å². The van der Waals surface area contributed by atoms with Crippen molar-refractivity contribution in [2.75, 3.05) is 46.4 Å². The van der Waals surface area contributed by atoms with Gasteiger partial charge in [0.05, 0.1) is 6.07 Å². The molecule has 0 saturated heterocycles. The molecule has 332 valence electrons. The van der Waals surface area contributed by atoms with Crippen LogP contribution in [0, 0.1) is 11.3 Å². The van der Waals surface area contributed by atoms with E-state index in [4.69, 9.17) is 31.9 Å². The van der Waals surface area contributed by atoms with Gasteiger partial charge < -0.3 is 52.8 Å². The molecule has 0 fully saturated rings. The normalized spacial score (nSPS) is 16.6. The number of hydrogen-bond acceptors (Lipinski definition) is 11. The maximum absolute atomic E-state index is 14.5. The Kier molecular flexibility index (Phi) is 17.2. The molecule has 1 aliphatic heterocycles. The maximum Gasteiger partial charge on any atom is 0.251 e. The van der Waals surface area contributed by atoms with Gasteiger partial charge in [0, 0.05) is 49.8 Å². The summed E-state index contributed by atoms with van der Waals surface area (Å²) < 4.78 is 12.1. The molecular weight excluding hydrogens is 803 g/mol. The minimum absolute atomic E-state index is 0.00963. The molecule has 16 heteroatoms. The van der Waals surface area contributed by atoms with Crippen LogP contribution in [0.3, 0.4) is 0 Å². The number of carbonyl (C=O) groups excluding carboxylic acids is 5. The van der Waals surface area contributed by atoms with Crippen LogP contribution >= 0.6 is 0 Å². The summed E-state index contributed by atoms with van der Waals surface area (Å²) in [5.41, 5.74) is 23.1. The van der Waals surface area contributed by atoms with Crippen LogP contribution in [0.25, 0.3) is 22.3 Å². The fraction of sp³-hybridized carbons (Fsp3) is 0.362. The molecule has 4 bridgehead atoms. The highest BCUT2D eigenvalue weighted by Gasteiger charge is 2.36. The number of ether oxygens (including phenoxy) is 2. The molecule has 5 amide bonds. The average Bonchev–Trinajstić information content (AvgIpc) is 3.30. The molecule has 0 aromatic heterocycles. The fourth-order valence-electron chi connectivity index (χ4n) is 7.23. The SMILES string of the molecule is CCCCc1ccc(-c2ccc(C(=O)N[C@@H](CN)C(=O)N(C)[C@@H]3C(=O)N[C@@H](C)C(=O)N[C@H](C(=O)NCC#N)Cc4ccc(OCCN)c(c4)-c4cc3ccc4OCCN)cc2)cc1. The van der Waals surface area contributed by atoms with Gasteiger partial charge in [0.2, 0.25) is 23.6 Å². The number of unbranched alkanes of at least 4 members (excludes halogenated alkanes) is 1. The monoisotopic (exact) mass is 859 g/mol. The molecule has 0 aliphatic carbocycles. The van der Waals surface area contributed by atoms with Crippen molar-refractivity contribution >= 4 is 29.5 Å². The first-order valence-electron chi connectivity index (χ1n) is 21.1. The predicted molar refractivity (Wildman–Crippen MR) is 239 cm³/mol. The number of hydrogen-bond donors (Lipinski definition) is 7. The molecule has 63 heavy (non-hydrogen) atoms. The number of nitrogens with zero attached hydrogens (tertiary/aromatic N) is 2. The fourth-order valence-corrected chi connectivity index (χ4v) is 7.23. The number of rotatable bonds is 17. The Morgan fingerprint density at radius 1 is 0.857 bits per heavy atom. The molecule has 0 saturated carbocycles. The molecule has 10 N–H and O–H groups in total. The smallest absolute Gasteiger partial charge is 0.251 e. The van der Waals surface area contributed by atoms with Crippen LogP contribution in [0.2, 0.25) is 0 Å². The van der Waals surface area contributed by atoms with Crippen LogP contribution in [-0.2, 0) is 32.0 Å². The van der Waals surface area contributed by atoms with E-state index in [-0.39, 0.29) is 45.8 Å². The molecular formula is C47H57N9O7. The summed E-state index contributed by atoms with van der Waals surface area (Å²) in [5.74, 6) is -2.50. The first-order valence-corrected chi connectivity index (χ1v) is 21.1. The molecule has 1 heterocycles. The predicted octanol–water partition coefficient (Wildman–Crippen LogP) is 2.48. The second-order valence-corrected chi connectivity index (χ2v) is 15.2. The molecule has 4 atom stereocenters. The van der Waals surface area contributed by atoms with Crippen molar-refractivity contribution in [2.24, 2.45) is 17.2 Å². The number of fused-ring (bicyclic) bond motifs is 5. The van der Waals surface area contributed by atoms with Gasteiger partial charge in [-0.15, -0.1) is 0 Å². The van der Waals surface area contributed by atoms with Gasteiger partial charge in [-0.05, 0) is 84.0 Å². The van der Waals surface area contributed by atoms with Gasteiger partial charge >= 0.3 is 0 Å². The molecule has 4 aromatic carbocycles. The van der Waals surface area contributed by atoms with Crippen molar-refractivity contribution in [3.8, 4) is 39.8 Å². The van der Waals surface area contributed by atoms with Gasteiger partial charge in [0.15, 0.2) is 0 Å². The first kappa shape index (κ1) is 47.3. The summed E-state index contributed by atoms with van der Waals surface area (Å²) in [4.78, 5) is 70.6. The number of likely N-dealkylation sites (N-methyl/N-ethyl adjacent to an activating group) is 1. The second kappa shape index (κ2) is 22.9. The number of nitrogens with one attached hydrogen (secondary N) is 4. The third-order valence-electron chi connectivity index (χ3n) is 10.6. The van der Waals surface area contributed by atoms with E-state index in [1.807, 2.05) is 18.2 Å². The zero-order valence-electron chi connectivity index (χ0n) is 35.9. The van der Waals surface area contributed by atoms with E-state index in [1.165, 1.54) is 19.5 Å². The summed E-state index contributed by atoms with van der Waals surface area (Å²) in [5, 5.41) is 19.8. The van der Waals surface area contributed by atoms with Gasteiger partial charge in [-0.2, -0.15) is 5.26 Å². The highest BCUT2D eigenvalue weighted by Crippen LogP contribution is 2.40.